The van der Waals surface area contributed by atoms with E-state index in [0.717, 1.165) is 18.5 Å². The van der Waals surface area contributed by atoms with Gasteiger partial charge < -0.3 is 0 Å². The third kappa shape index (κ3) is 2.93. The summed E-state index contributed by atoms with van der Waals surface area (Å²) in [5.41, 5.74) is 0. The normalized spacial score (nSPS) is 10.8. The summed E-state index contributed by atoms with van der Waals surface area (Å²) in [6.45, 7) is 11.7. The molecular weight excluding hydrogens is 211 g/mol. The first kappa shape index (κ1) is 12.9. The molecule has 0 unspecified atom stereocenters. The summed E-state index contributed by atoms with van der Waals surface area (Å²) in [5.74, 6) is 0. The van der Waals surface area contributed by atoms with Crippen LogP contribution in [0.5, 0.6) is 0 Å². The van der Waals surface area contributed by atoms with Gasteiger partial charge in [-0.1, -0.05) is 56.2 Å². The van der Waals surface area contributed by atoms with Crippen LogP contribution in [0.2, 0.25) is 0 Å². The van der Waals surface area contributed by atoms with Crippen LogP contribution in [0, 0.1) is 0 Å². The largest absolute Gasteiger partial charge is 0.0995 e. The maximum atomic E-state index is 3.89. The molecule has 16 heavy (non-hydrogen) atoms. The molecule has 0 radical (unpaired) electrons. The lowest BCUT2D eigenvalue weighted by molar-refractivity contribution is 1.53. The molecule has 1 aromatic carbocycles. The second-order valence-electron chi connectivity index (χ2n) is 3.89. The van der Waals surface area contributed by atoms with Crippen molar-refractivity contribution in [3.8, 4) is 0 Å². The van der Waals surface area contributed by atoms with E-state index < -0.39 is 7.26 Å². The third-order valence-electron chi connectivity index (χ3n) is 2.74. The Labute approximate surface area is 99.7 Å². The lowest BCUT2D eigenvalue weighted by atomic mass is 10.4. The molecule has 0 aliphatic rings. The number of allylic oxidation sites excluding steroid dienone is 3. The second-order valence-corrected chi connectivity index (χ2v) is 7.80. The van der Waals surface area contributed by atoms with E-state index in [2.05, 4.69) is 50.1 Å². The van der Waals surface area contributed by atoms with Crippen LogP contribution in [0.3, 0.4) is 0 Å². The molecule has 0 fully saturated rings. The van der Waals surface area contributed by atoms with Crippen molar-refractivity contribution < 1.29 is 0 Å². The van der Waals surface area contributed by atoms with Gasteiger partial charge in [-0.3, -0.25) is 0 Å². The highest BCUT2D eigenvalue weighted by atomic mass is 31.2. The Morgan fingerprint density at radius 3 is 1.62 bits per heavy atom. The molecule has 1 aromatic rings. The molecule has 0 aromatic heterocycles. The predicted molar refractivity (Wildman–Crippen MR) is 78.2 cm³/mol. The molecule has 0 saturated heterocycles. The zero-order valence-corrected chi connectivity index (χ0v) is 10.7. The van der Waals surface area contributed by atoms with Crippen molar-refractivity contribution in [3.05, 3.63) is 68.3 Å². The summed E-state index contributed by atoms with van der Waals surface area (Å²) in [4.78, 5) is 0. The molecule has 0 spiro atoms. The summed E-state index contributed by atoms with van der Waals surface area (Å²) < 4.78 is 0. The van der Waals surface area contributed by atoms with Gasteiger partial charge in [0.1, 0.15) is 0 Å². The van der Waals surface area contributed by atoms with Crippen LogP contribution in [-0.2, 0) is 0 Å². The van der Waals surface area contributed by atoms with Gasteiger partial charge in [-0.05, 0) is 12.1 Å². The Kier molecular flexibility index (Phi) is 5.22. The Bertz CT molecular complexity index is 324. The minimum Gasteiger partial charge on any atom is -0.0995 e. The van der Waals surface area contributed by atoms with Crippen LogP contribution in [-0.4, -0.2) is 18.5 Å². The van der Waals surface area contributed by atoms with Crippen LogP contribution < -0.4 is 5.30 Å². The van der Waals surface area contributed by atoms with Crippen molar-refractivity contribution in [3.63, 3.8) is 0 Å². The molecule has 0 amide bonds. The maximum Gasteiger partial charge on any atom is 0.0949 e. The summed E-state index contributed by atoms with van der Waals surface area (Å²) in [6.07, 6.45) is 9.30. The predicted octanol–water partition coefficient (Wildman–Crippen LogP) is 3.89. The van der Waals surface area contributed by atoms with E-state index in [-0.39, 0.29) is 0 Å². The number of hydrogen-bond acceptors (Lipinski definition) is 0. The molecule has 1 heteroatoms. The molecule has 0 heterocycles. The van der Waals surface area contributed by atoms with E-state index in [0.29, 0.717) is 0 Å². The van der Waals surface area contributed by atoms with Gasteiger partial charge in [0.15, 0.2) is 0 Å². The van der Waals surface area contributed by atoms with Crippen LogP contribution in [0.25, 0.3) is 0 Å². The van der Waals surface area contributed by atoms with Crippen molar-refractivity contribution in [2.24, 2.45) is 0 Å². The average molecular weight is 231 g/mol. The van der Waals surface area contributed by atoms with Crippen molar-refractivity contribution in [2.45, 2.75) is 0 Å². The lowest BCUT2D eigenvalue weighted by Crippen LogP contribution is -2.18. The average Bonchev–Trinajstić information content (AvgIpc) is 2.31. The Hall–Kier alpha value is -1.13. The van der Waals surface area contributed by atoms with Crippen molar-refractivity contribution in [1.82, 2.24) is 0 Å². The highest BCUT2D eigenvalue weighted by molar-refractivity contribution is 7.83. The van der Waals surface area contributed by atoms with Gasteiger partial charge in [0, 0.05) is 0 Å². The lowest BCUT2D eigenvalue weighted by Gasteiger charge is -2.23. The van der Waals surface area contributed by atoms with Crippen molar-refractivity contribution in [2.75, 3.05) is 18.5 Å². The van der Waals surface area contributed by atoms with Crippen LogP contribution in [0.15, 0.2) is 68.3 Å². The van der Waals surface area contributed by atoms with Gasteiger partial charge >= 0.3 is 0 Å². The minimum absolute atomic E-state index is 1.06. The van der Waals surface area contributed by atoms with E-state index >= 15 is 0 Å². The molecule has 0 saturated carbocycles. The fourth-order valence-corrected chi connectivity index (χ4v) is 5.39. The number of rotatable bonds is 7. The van der Waals surface area contributed by atoms with E-state index in [9.17, 15) is 0 Å². The van der Waals surface area contributed by atoms with Crippen molar-refractivity contribution in [1.29, 1.82) is 0 Å². The van der Waals surface area contributed by atoms with E-state index in [1.807, 2.05) is 18.2 Å². The van der Waals surface area contributed by atoms with Crippen LogP contribution in [0.1, 0.15) is 0 Å². The van der Waals surface area contributed by atoms with E-state index in [4.69, 9.17) is 0 Å². The smallest absolute Gasteiger partial charge is 0.0949 e. The molecule has 1 rings (SSSR count). The quantitative estimate of drug-likeness (QED) is 0.493. The Morgan fingerprint density at radius 1 is 0.812 bits per heavy atom. The van der Waals surface area contributed by atoms with Gasteiger partial charge in [-0.2, -0.15) is 0 Å². The SMILES string of the molecule is C=CC[P+](CC=C)(CC=C)c1ccccc1. The fourth-order valence-electron chi connectivity index (χ4n) is 2.03. The Balaban J connectivity index is 3.13. The van der Waals surface area contributed by atoms with Gasteiger partial charge in [-0.15, -0.1) is 0 Å². The van der Waals surface area contributed by atoms with Gasteiger partial charge in [0.05, 0.1) is 31.1 Å². The monoisotopic (exact) mass is 231 g/mol. The van der Waals surface area contributed by atoms with E-state index in [1.165, 1.54) is 5.30 Å². The standard InChI is InChI=1S/C15H20P/c1-4-12-16(13-5-2,14-6-3)15-10-8-7-9-11-15/h4-11H,1-3,12-14H2/q+1. The number of hydrogen-bond donors (Lipinski definition) is 0. The first-order valence-electron chi connectivity index (χ1n) is 5.53. The molecule has 0 N–H and O–H groups in total. The summed E-state index contributed by atoms with van der Waals surface area (Å²) >= 11 is 0. The third-order valence-corrected chi connectivity index (χ3v) is 7.00. The Morgan fingerprint density at radius 2 is 1.25 bits per heavy atom. The highest BCUT2D eigenvalue weighted by Gasteiger charge is 2.35. The minimum atomic E-state index is -1.20. The highest BCUT2D eigenvalue weighted by Crippen LogP contribution is 2.57. The maximum absolute atomic E-state index is 3.89. The van der Waals surface area contributed by atoms with Gasteiger partial charge in [-0.25, -0.2) is 0 Å². The van der Waals surface area contributed by atoms with Crippen molar-refractivity contribution >= 4 is 12.6 Å². The topological polar surface area (TPSA) is 0 Å². The zero-order valence-electron chi connectivity index (χ0n) is 9.81. The first-order valence-corrected chi connectivity index (χ1v) is 7.88. The van der Waals surface area contributed by atoms with Gasteiger partial charge in [0.2, 0.25) is 0 Å². The first-order chi connectivity index (χ1) is 7.79. The van der Waals surface area contributed by atoms with Gasteiger partial charge in [0.25, 0.3) is 0 Å². The molecule has 0 aliphatic carbocycles. The molecular formula is C15H20P+. The zero-order chi connectivity index (χ0) is 11.9. The number of benzene rings is 1. The fraction of sp³-hybridized carbons (Fsp3) is 0.200. The molecule has 0 atom stereocenters. The molecule has 0 nitrogen and oxygen atoms in total. The summed E-state index contributed by atoms with van der Waals surface area (Å²) in [6, 6.07) is 10.7. The summed E-state index contributed by atoms with van der Waals surface area (Å²) in [7, 11) is -1.20. The second kappa shape index (κ2) is 6.45. The summed E-state index contributed by atoms with van der Waals surface area (Å²) in [5, 5.41) is 1.45. The van der Waals surface area contributed by atoms with Crippen LogP contribution >= 0.6 is 7.26 Å². The van der Waals surface area contributed by atoms with Crippen LogP contribution in [0.4, 0.5) is 0 Å². The molecule has 84 valence electrons. The molecule has 0 bridgehead atoms. The van der Waals surface area contributed by atoms with E-state index in [1.54, 1.807) is 0 Å². The molecule has 0 aliphatic heterocycles.